The Morgan fingerprint density at radius 2 is 1.89 bits per heavy atom. The minimum atomic E-state index is -0.482. The van der Waals surface area contributed by atoms with Gasteiger partial charge < -0.3 is 16.0 Å². The summed E-state index contributed by atoms with van der Waals surface area (Å²) in [7, 11) is 0. The number of aryl methyl sites for hydroxylation is 1. The van der Waals surface area contributed by atoms with Crippen LogP contribution in [0.2, 0.25) is 0 Å². The lowest BCUT2D eigenvalue weighted by Gasteiger charge is -2.38. The van der Waals surface area contributed by atoms with Crippen LogP contribution in [0.3, 0.4) is 0 Å². The second-order valence-corrected chi connectivity index (χ2v) is 7.56. The van der Waals surface area contributed by atoms with Gasteiger partial charge >= 0.3 is 0 Å². The van der Waals surface area contributed by atoms with Gasteiger partial charge in [-0.15, -0.1) is 0 Å². The summed E-state index contributed by atoms with van der Waals surface area (Å²) in [5, 5.41) is 2.89. The number of halogens is 1. The van der Waals surface area contributed by atoms with E-state index < -0.39 is 5.41 Å². The van der Waals surface area contributed by atoms with Crippen molar-refractivity contribution in [1.29, 1.82) is 0 Å². The highest BCUT2D eigenvalue weighted by molar-refractivity contribution is 5.84. The van der Waals surface area contributed by atoms with Crippen molar-refractivity contribution in [3.63, 3.8) is 0 Å². The lowest BCUT2D eigenvalue weighted by Crippen LogP contribution is -2.51. The van der Waals surface area contributed by atoms with Crippen LogP contribution >= 0.6 is 0 Å². The molecule has 0 atom stereocenters. The quantitative estimate of drug-likeness (QED) is 0.767. The average molecular weight is 378 g/mol. The second kappa shape index (κ2) is 9.31. The molecule has 1 aromatic carbocycles. The van der Waals surface area contributed by atoms with Gasteiger partial charge in [-0.25, -0.2) is 4.39 Å². The van der Waals surface area contributed by atoms with Crippen LogP contribution in [0.15, 0.2) is 18.2 Å². The first-order chi connectivity index (χ1) is 12.9. The third-order valence-electron chi connectivity index (χ3n) is 6.05. The minimum Gasteiger partial charge on any atom is -0.352 e. The van der Waals surface area contributed by atoms with Crippen molar-refractivity contribution < 1.29 is 14.0 Å². The van der Waals surface area contributed by atoms with Crippen LogP contribution in [-0.4, -0.2) is 36.3 Å². The number of carbonyl (C=O) groups excluding carboxylic acids is 2. The van der Waals surface area contributed by atoms with Crippen molar-refractivity contribution in [2.24, 2.45) is 17.1 Å². The first kappa shape index (κ1) is 21.4. The molecule has 0 bridgehead atoms. The molecule has 0 radical (unpaired) electrons. The van der Waals surface area contributed by atoms with Crippen LogP contribution in [0.25, 0.3) is 0 Å². The summed E-state index contributed by atoms with van der Waals surface area (Å²) in [6.45, 7) is 7.55. The summed E-state index contributed by atoms with van der Waals surface area (Å²) in [5.74, 6) is -0.285. The normalized spacial score (nSPS) is 15.7. The Bertz CT molecular complexity index is 657. The summed E-state index contributed by atoms with van der Waals surface area (Å²) in [5.41, 5.74) is 6.75. The smallest absolute Gasteiger partial charge is 0.230 e. The Hall–Kier alpha value is -1.95. The predicted molar refractivity (Wildman–Crippen MR) is 104 cm³/mol. The standard InChI is InChI=1S/C21H32FN3O2/c1-4-21(5-2,14-23)20(27)25-10-8-17(9-11-25)19(26)24-13-16-7-6-15(3)18(22)12-16/h6-7,12,17H,4-5,8-11,13-14,23H2,1-3H3,(H,24,26). The van der Waals surface area contributed by atoms with E-state index in [9.17, 15) is 14.0 Å². The number of hydrogen-bond donors (Lipinski definition) is 2. The molecule has 1 saturated heterocycles. The van der Waals surface area contributed by atoms with E-state index in [0.29, 0.717) is 44.6 Å². The fraction of sp³-hybridized carbons (Fsp3) is 0.619. The van der Waals surface area contributed by atoms with E-state index in [1.807, 2.05) is 24.8 Å². The third kappa shape index (κ3) is 4.86. The molecule has 27 heavy (non-hydrogen) atoms. The monoisotopic (exact) mass is 377 g/mol. The molecule has 0 aliphatic carbocycles. The van der Waals surface area contributed by atoms with Gasteiger partial charge in [-0.2, -0.15) is 0 Å². The SMILES string of the molecule is CCC(CC)(CN)C(=O)N1CCC(C(=O)NCc2ccc(C)c(F)c2)CC1. The summed E-state index contributed by atoms with van der Waals surface area (Å²) in [4.78, 5) is 27.2. The van der Waals surface area contributed by atoms with Gasteiger partial charge in [-0.3, -0.25) is 9.59 Å². The first-order valence-electron chi connectivity index (χ1n) is 9.89. The predicted octanol–water partition coefficient (Wildman–Crippen LogP) is 2.75. The van der Waals surface area contributed by atoms with Gasteiger partial charge in [0.2, 0.25) is 11.8 Å². The highest BCUT2D eigenvalue weighted by Crippen LogP contribution is 2.30. The number of likely N-dealkylation sites (tertiary alicyclic amines) is 1. The third-order valence-corrected chi connectivity index (χ3v) is 6.05. The van der Waals surface area contributed by atoms with Crippen LogP contribution in [0.5, 0.6) is 0 Å². The van der Waals surface area contributed by atoms with Crippen molar-refractivity contribution in [1.82, 2.24) is 10.2 Å². The molecule has 5 nitrogen and oxygen atoms in total. The van der Waals surface area contributed by atoms with Crippen LogP contribution in [0.4, 0.5) is 4.39 Å². The molecule has 2 amide bonds. The molecule has 3 N–H and O–H groups in total. The Morgan fingerprint density at radius 1 is 1.26 bits per heavy atom. The molecule has 1 aliphatic heterocycles. The van der Waals surface area contributed by atoms with Gasteiger partial charge in [0.05, 0.1) is 5.41 Å². The lowest BCUT2D eigenvalue weighted by atomic mass is 9.80. The van der Waals surface area contributed by atoms with Crippen molar-refractivity contribution in [2.45, 2.75) is 53.0 Å². The maximum Gasteiger partial charge on any atom is 0.230 e. The lowest BCUT2D eigenvalue weighted by molar-refractivity contribution is -0.145. The van der Waals surface area contributed by atoms with E-state index in [4.69, 9.17) is 5.73 Å². The van der Waals surface area contributed by atoms with Gasteiger partial charge in [0, 0.05) is 32.1 Å². The molecule has 2 rings (SSSR count). The molecule has 0 saturated carbocycles. The molecular weight excluding hydrogens is 345 g/mol. The summed E-state index contributed by atoms with van der Waals surface area (Å²) in [6.07, 6.45) is 2.75. The number of carbonyl (C=O) groups is 2. The highest BCUT2D eigenvalue weighted by atomic mass is 19.1. The summed E-state index contributed by atoms with van der Waals surface area (Å²) < 4.78 is 13.6. The highest BCUT2D eigenvalue weighted by Gasteiger charge is 2.38. The number of benzene rings is 1. The Labute approximate surface area is 161 Å². The maximum absolute atomic E-state index is 13.6. The molecule has 6 heteroatoms. The van der Waals surface area contributed by atoms with Crippen molar-refractivity contribution in [2.75, 3.05) is 19.6 Å². The van der Waals surface area contributed by atoms with Gasteiger partial charge in [0.1, 0.15) is 5.82 Å². The zero-order chi connectivity index (χ0) is 20.0. The van der Waals surface area contributed by atoms with Gasteiger partial charge in [-0.1, -0.05) is 26.0 Å². The number of nitrogens with one attached hydrogen (secondary N) is 1. The van der Waals surface area contributed by atoms with Gasteiger partial charge in [0.15, 0.2) is 0 Å². The Kier molecular flexibility index (Phi) is 7.36. The van der Waals surface area contributed by atoms with E-state index in [2.05, 4.69) is 5.32 Å². The molecule has 150 valence electrons. The number of piperidine rings is 1. The van der Waals surface area contributed by atoms with Crippen molar-refractivity contribution in [3.05, 3.63) is 35.1 Å². The van der Waals surface area contributed by atoms with E-state index in [0.717, 1.165) is 18.4 Å². The molecule has 0 unspecified atom stereocenters. The molecule has 1 aromatic rings. The van der Waals surface area contributed by atoms with E-state index in [1.54, 1.807) is 13.0 Å². The number of rotatable bonds is 7. The first-order valence-corrected chi connectivity index (χ1v) is 9.89. The number of amides is 2. The van der Waals surface area contributed by atoms with Crippen molar-refractivity contribution >= 4 is 11.8 Å². The Morgan fingerprint density at radius 3 is 2.41 bits per heavy atom. The molecule has 1 heterocycles. The molecular formula is C21H32FN3O2. The topological polar surface area (TPSA) is 75.4 Å². The second-order valence-electron chi connectivity index (χ2n) is 7.56. The van der Waals surface area contributed by atoms with E-state index >= 15 is 0 Å². The number of nitrogens with zero attached hydrogens (tertiary/aromatic N) is 1. The molecule has 0 aromatic heterocycles. The number of hydrogen-bond acceptors (Lipinski definition) is 3. The molecule has 0 spiro atoms. The average Bonchev–Trinajstić information content (AvgIpc) is 2.70. The minimum absolute atomic E-state index is 0.0286. The summed E-state index contributed by atoms with van der Waals surface area (Å²) >= 11 is 0. The van der Waals surface area contributed by atoms with Crippen LogP contribution in [0, 0.1) is 24.1 Å². The van der Waals surface area contributed by atoms with Gasteiger partial charge in [-0.05, 0) is 49.8 Å². The van der Waals surface area contributed by atoms with E-state index in [1.165, 1.54) is 6.07 Å². The molecule has 1 aliphatic rings. The summed E-state index contributed by atoms with van der Waals surface area (Å²) in [6, 6.07) is 4.99. The fourth-order valence-electron chi connectivity index (χ4n) is 3.69. The number of nitrogens with two attached hydrogens (primary N) is 1. The maximum atomic E-state index is 13.6. The molecule has 1 fully saturated rings. The largest absolute Gasteiger partial charge is 0.352 e. The zero-order valence-corrected chi connectivity index (χ0v) is 16.7. The van der Waals surface area contributed by atoms with Crippen LogP contribution < -0.4 is 11.1 Å². The van der Waals surface area contributed by atoms with Gasteiger partial charge in [0.25, 0.3) is 0 Å². The van der Waals surface area contributed by atoms with Crippen LogP contribution in [-0.2, 0) is 16.1 Å². The van der Waals surface area contributed by atoms with Crippen LogP contribution in [0.1, 0.15) is 50.7 Å². The van der Waals surface area contributed by atoms with Crippen molar-refractivity contribution in [3.8, 4) is 0 Å². The zero-order valence-electron chi connectivity index (χ0n) is 16.7. The van der Waals surface area contributed by atoms with E-state index in [-0.39, 0.29) is 23.5 Å². The fourth-order valence-corrected chi connectivity index (χ4v) is 3.69. The Balaban J connectivity index is 1.86.